The third-order valence-electron chi connectivity index (χ3n) is 7.04. The molecule has 2 N–H and O–H groups in total. The summed E-state index contributed by atoms with van der Waals surface area (Å²) in [6, 6.07) is 6.21. The molecular weight excluding hydrogens is 396 g/mol. The highest BCUT2D eigenvalue weighted by Crippen LogP contribution is 2.41. The zero-order valence-electron chi connectivity index (χ0n) is 18.4. The van der Waals surface area contributed by atoms with Crippen molar-refractivity contribution in [3.05, 3.63) is 28.8 Å². The van der Waals surface area contributed by atoms with Crippen LogP contribution in [0.3, 0.4) is 0 Å². The van der Waals surface area contributed by atoms with Crippen molar-refractivity contribution >= 4 is 33.4 Å². The van der Waals surface area contributed by atoms with E-state index in [0.717, 1.165) is 43.3 Å². The first-order valence-electron chi connectivity index (χ1n) is 10.9. The molecule has 1 aromatic heterocycles. The number of piperidine rings is 2. The van der Waals surface area contributed by atoms with E-state index in [4.69, 9.17) is 10.7 Å². The van der Waals surface area contributed by atoms with Crippen LogP contribution in [0.4, 0.5) is 0 Å². The number of hydrogen-bond donors (Lipinski definition) is 1. The van der Waals surface area contributed by atoms with Crippen molar-refractivity contribution in [1.82, 2.24) is 14.8 Å². The summed E-state index contributed by atoms with van der Waals surface area (Å²) in [7, 11) is 2.20. The van der Waals surface area contributed by atoms with Crippen LogP contribution in [0.25, 0.3) is 10.2 Å². The lowest BCUT2D eigenvalue weighted by Gasteiger charge is -2.43. The number of hydrogen-bond acceptors (Lipinski definition) is 5. The van der Waals surface area contributed by atoms with Gasteiger partial charge in [0.15, 0.2) is 0 Å². The fourth-order valence-corrected chi connectivity index (χ4v) is 6.02. The molecule has 0 saturated carbocycles. The summed E-state index contributed by atoms with van der Waals surface area (Å²) >= 11 is 1.79. The zero-order chi connectivity index (χ0) is 21.6. The molecule has 6 nitrogen and oxygen atoms in total. The minimum Gasteiger partial charge on any atom is -0.361 e. The highest BCUT2D eigenvalue weighted by atomic mass is 32.1. The predicted octanol–water partition coefficient (Wildman–Crippen LogP) is 3.67. The third-order valence-corrected chi connectivity index (χ3v) is 8.24. The number of rotatable bonds is 2. The van der Waals surface area contributed by atoms with Crippen LogP contribution >= 0.6 is 11.3 Å². The van der Waals surface area contributed by atoms with E-state index in [1.54, 1.807) is 16.2 Å². The maximum absolute atomic E-state index is 12.4. The highest BCUT2D eigenvalue weighted by Gasteiger charge is 2.35. The van der Waals surface area contributed by atoms with E-state index in [2.05, 4.69) is 50.9 Å². The van der Waals surface area contributed by atoms with Crippen molar-refractivity contribution in [3.63, 3.8) is 0 Å². The Morgan fingerprint density at radius 2 is 2.00 bits per heavy atom. The highest BCUT2D eigenvalue weighted by molar-refractivity contribution is 7.18. The first-order chi connectivity index (χ1) is 14.2. The Hall–Kier alpha value is -1.99. The molecule has 0 radical (unpaired) electrons. The van der Waals surface area contributed by atoms with Crippen LogP contribution in [0.15, 0.2) is 18.2 Å². The fourth-order valence-electron chi connectivity index (χ4n) is 4.93. The van der Waals surface area contributed by atoms with Crippen LogP contribution < -0.4 is 5.73 Å². The number of carbonyl (C=O) groups is 2. The van der Waals surface area contributed by atoms with E-state index in [1.165, 1.54) is 9.71 Å². The van der Waals surface area contributed by atoms with E-state index in [9.17, 15) is 9.59 Å². The average Bonchev–Trinajstić information content (AvgIpc) is 3.12. The van der Waals surface area contributed by atoms with Crippen LogP contribution in [0.2, 0.25) is 0 Å². The number of carbonyl (C=O) groups excluding carboxylic acids is 2. The van der Waals surface area contributed by atoms with Crippen LogP contribution in [0.5, 0.6) is 0 Å². The molecule has 2 aliphatic heterocycles. The van der Waals surface area contributed by atoms with Crippen LogP contribution in [-0.4, -0.2) is 52.3 Å². The van der Waals surface area contributed by atoms with Crippen molar-refractivity contribution in [1.29, 1.82) is 0 Å². The van der Waals surface area contributed by atoms with E-state index in [-0.39, 0.29) is 11.6 Å². The first-order valence-corrected chi connectivity index (χ1v) is 11.7. The summed E-state index contributed by atoms with van der Waals surface area (Å²) in [5, 5.41) is 1.21. The average molecular weight is 429 g/mol. The summed E-state index contributed by atoms with van der Waals surface area (Å²) in [5.41, 5.74) is 7.54. The van der Waals surface area contributed by atoms with Gasteiger partial charge in [-0.05, 0) is 76.7 Å². The second kappa shape index (κ2) is 7.93. The van der Waals surface area contributed by atoms with Crippen molar-refractivity contribution < 1.29 is 9.59 Å². The molecule has 0 spiro atoms. The molecule has 7 heteroatoms. The van der Waals surface area contributed by atoms with Crippen molar-refractivity contribution in [2.75, 3.05) is 20.1 Å². The maximum atomic E-state index is 12.4. The Kier molecular flexibility index (Phi) is 5.62. The molecule has 2 aromatic rings. The Bertz CT molecular complexity index is 969. The van der Waals surface area contributed by atoms with Crippen molar-refractivity contribution in [2.24, 2.45) is 11.7 Å². The molecule has 3 heterocycles. The van der Waals surface area contributed by atoms with Crippen LogP contribution in [0, 0.1) is 5.92 Å². The van der Waals surface area contributed by atoms with E-state index in [0.29, 0.717) is 18.4 Å². The number of amides is 2. The van der Waals surface area contributed by atoms with Gasteiger partial charge < -0.3 is 15.5 Å². The largest absolute Gasteiger partial charge is 0.361 e. The topological polar surface area (TPSA) is 79.5 Å². The van der Waals surface area contributed by atoms with Gasteiger partial charge in [-0.2, -0.15) is 0 Å². The molecule has 30 heavy (non-hydrogen) atoms. The molecule has 4 rings (SSSR count). The number of fused-ring (bicyclic) bond motifs is 1. The summed E-state index contributed by atoms with van der Waals surface area (Å²) in [5.74, 6) is -0.609. The van der Waals surface area contributed by atoms with E-state index >= 15 is 0 Å². The molecule has 2 amide bonds. The Morgan fingerprint density at radius 3 is 2.70 bits per heavy atom. The number of nitrogens with zero attached hydrogens (tertiary/aromatic N) is 3. The zero-order valence-corrected chi connectivity index (χ0v) is 19.2. The summed E-state index contributed by atoms with van der Waals surface area (Å²) in [6.45, 7) is 8.37. The molecule has 0 aliphatic carbocycles. The second-order valence-corrected chi connectivity index (χ2v) is 10.8. The number of aromatic nitrogens is 1. The number of likely N-dealkylation sites (tertiary alicyclic amines) is 2. The van der Waals surface area contributed by atoms with Crippen LogP contribution in [-0.2, 0) is 9.59 Å². The van der Waals surface area contributed by atoms with Crippen LogP contribution in [0.1, 0.15) is 69.0 Å². The number of benzene rings is 1. The van der Waals surface area contributed by atoms with Gasteiger partial charge in [0, 0.05) is 18.0 Å². The summed E-state index contributed by atoms with van der Waals surface area (Å²) < 4.78 is 1.18. The Balaban J connectivity index is 1.62. The predicted molar refractivity (Wildman–Crippen MR) is 120 cm³/mol. The molecule has 2 fully saturated rings. The number of primary amides is 1. The first kappa shape index (κ1) is 21.2. The smallest absolute Gasteiger partial charge is 0.312 e. The fraction of sp³-hybridized carbons (Fsp3) is 0.609. The monoisotopic (exact) mass is 428 g/mol. The van der Waals surface area contributed by atoms with Gasteiger partial charge in [-0.3, -0.25) is 9.59 Å². The van der Waals surface area contributed by atoms with Gasteiger partial charge in [-0.25, -0.2) is 4.98 Å². The van der Waals surface area contributed by atoms with E-state index < -0.39 is 11.8 Å². The molecule has 1 aromatic carbocycles. The van der Waals surface area contributed by atoms with Gasteiger partial charge in [-0.1, -0.05) is 13.0 Å². The van der Waals surface area contributed by atoms with Gasteiger partial charge in [0.2, 0.25) is 0 Å². The summed E-state index contributed by atoms with van der Waals surface area (Å²) in [4.78, 5) is 33.1. The van der Waals surface area contributed by atoms with Crippen molar-refractivity contribution in [3.8, 4) is 0 Å². The van der Waals surface area contributed by atoms with Gasteiger partial charge in [-0.15, -0.1) is 11.3 Å². The second-order valence-electron chi connectivity index (χ2n) is 9.72. The molecular formula is C23H32N4O2S. The lowest BCUT2D eigenvalue weighted by Crippen LogP contribution is -2.46. The Morgan fingerprint density at radius 1 is 1.23 bits per heavy atom. The SMILES string of the molecule is C[C@H]1CC[C@H](c2ccc3sc(C4CCN(C)C(C)(C)C4)nc3c2)N(C(=O)C(N)=O)C1. The lowest BCUT2D eigenvalue weighted by molar-refractivity contribution is -0.147. The molecule has 3 atom stereocenters. The molecule has 1 unspecified atom stereocenters. The third kappa shape index (κ3) is 3.97. The van der Waals surface area contributed by atoms with Gasteiger partial charge in [0.1, 0.15) is 0 Å². The lowest BCUT2D eigenvalue weighted by atomic mass is 9.83. The molecule has 2 aliphatic rings. The van der Waals surface area contributed by atoms with E-state index in [1.807, 2.05) is 0 Å². The van der Waals surface area contributed by atoms with Gasteiger partial charge in [0.05, 0.1) is 21.3 Å². The standard InChI is InChI=1S/C23H32N4O2S/c1-14-5-7-18(27(13-14)22(29)20(24)28)15-6-8-19-17(11-15)25-21(30-19)16-9-10-26(4)23(2,3)12-16/h6,8,11,14,16,18H,5,7,9-10,12-13H2,1-4H3,(H2,24,28)/t14-,16?,18+/m0/s1. The summed E-state index contributed by atoms with van der Waals surface area (Å²) in [6.07, 6.45) is 4.11. The number of thiazole rings is 1. The molecule has 2 saturated heterocycles. The quantitative estimate of drug-likeness (QED) is 0.740. The Labute approximate surface area is 182 Å². The minimum absolute atomic E-state index is 0.113. The maximum Gasteiger partial charge on any atom is 0.312 e. The van der Waals surface area contributed by atoms with Crippen molar-refractivity contribution in [2.45, 2.75) is 64.0 Å². The number of nitrogens with two attached hydrogens (primary N) is 1. The normalized spacial score (nSPS) is 27.3. The van der Waals surface area contributed by atoms with Gasteiger partial charge in [0.25, 0.3) is 0 Å². The molecule has 0 bridgehead atoms. The molecule has 162 valence electrons. The van der Waals surface area contributed by atoms with Gasteiger partial charge >= 0.3 is 11.8 Å². The minimum atomic E-state index is -0.879.